The molecule has 1 aliphatic rings. The summed E-state index contributed by atoms with van der Waals surface area (Å²) in [6.07, 6.45) is 3.77. The van der Waals surface area contributed by atoms with Crippen molar-refractivity contribution in [3.05, 3.63) is 30.6 Å². The molecule has 0 aliphatic heterocycles. The summed E-state index contributed by atoms with van der Waals surface area (Å²) in [7, 11) is 0. The zero-order chi connectivity index (χ0) is 13.2. The predicted octanol–water partition coefficient (Wildman–Crippen LogP) is 2.39. The lowest BCUT2D eigenvalue weighted by atomic mass is 10.2. The van der Waals surface area contributed by atoms with E-state index in [4.69, 9.17) is 0 Å². The fourth-order valence-electron chi connectivity index (χ4n) is 1.84. The Bertz CT molecular complexity index is 607. The number of benzene rings is 1. The number of amides is 1. The monoisotopic (exact) mass is 273 g/mol. The molecule has 1 saturated carbocycles. The van der Waals surface area contributed by atoms with Crippen LogP contribution in [0.1, 0.15) is 19.8 Å². The highest BCUT2D eigenvalue weighted by atomic mass is 32.2. The molecule has 98 valence electrons. The number of thioether (sulfide) groups is 1. The fourth-order valence-corrected chi connectivity index (χ4v) is 2.76. The smallest absolute Gasteiger partial charge is 0.233 e. The molecule has 3 rings (SSSR count). The second-order valence-electron chi connectivity index (χ2n) is 4.74. The van der Waals surface area contributed by atoms with Crippen molar-refractivity contribution in [3.63, 3.8) is 0 Å². The summed E-state index contributed by atoms with van der Waals surface area (Å²) in [5.74, 6) is 0.0928. The average molecular weight is 273 g/mol. The minimum Gasteiger partial charge on any atom is -0.352 e. The molecule has 0 saturated heterocycles. The summed E-state index contributed by atoms with van der Waals surface area (Å²) in [5.41, 5.74) is 0.912. The molecule has 4 nitrogen and oxygen atoms in total. The fraction of sp³-hybridized carbons (Fsp3) is 0.357. The zero-order valence-electron chi connectivity index (χ0n) is 10.7. The van der Waals surface area contributed by atoms with Gasteiger partial charge < -0.3 is 5.32 Å². The lowest BCUT2D eigenvalue weighted by Crippen LogP contribution is -2.32. The molecule has 0 bridgehead atoms. The van der Waals surface area contributed by atoms with E-state index in [2.05, 4.69) is 15.3 Å². The molecule has 1 aromatic heterocycles. The number of nitrogens with zero attached hydrogens (tertiary/aromatic N) is 2. The number of carbonyl (C=O) groups excluding carboxylic acids is 1. The number of aromatic nitrogens is 2. The van der Waals surface area contributed by atoms with Gasteiger partial charge in [0, 0.05) is 11.4 Å². The first-order valence-corrected chi connectivity index (χ1v) is 7.29. The van der Waals surface area contributed by atoms with Crippen LogP contribution in [0.4, 0.5) is 0 Å². The maximum atomic E-state index is 12.0. The van der Waals surface area contributed by atoms with E-state index >= 15 is 0 Å². The zero-order valence-corrected chi connectivity index (χ0v) is 11.5. The van der Waals surface area contributed by atoms with Gasteiger partial charge in [-0.15, -0.1) is 0 Å². The van der Waals surface area contributed by atoms with Crippen LogP contribution in [0, 0.1) is 0 Å². The number of carbonyl (C=O) groups is 1. The topological polar surface area (TPSA) is 54.9 Å². The first-order chi connectivity index (χ1) is 9.24. The van der Waals surface area contributed by atoms with Gasteiger partial charge in [0.25, 0.3) is 0 Å². The van der Waals surface area contributed by atoms with Crippen molar-refractivity contribution in [3.8, 4) is 0 Å². The molecule has 5 heteroatoms. The minimum atomic E-state index is -0.140. The molecule has 1 aromatic carbocycles. The molecule has 1 fully saturated rings. The van der Waals surface area contributed by atoms with Crippen LogP contribution in [0.5, 0.6) is 0 Å². The third-order valence-electron chi connectivity index (χ3n) is 3.09. The summed E-state index contributed by atoms with van der Waals surface area (Å²) in [4.78, 5) is 20.5. The van der Waals surface area contributed by atoms with E-state index in [-0.39, 0.29) is 11.2 Å². The van der Waals surface area contributed by atoms with Gasteiger partial charge in [-0.25, -0.2) is 9.97 Å². The van der Waals surface area contributed by atoms with E-state index in [1.807, 2.05) is 31.2 Å². The first-order valence-electron chi connectivity index (χ1n) is 6.41. The molecule has 2 aromatic rings. The maximum absolute atomic E-state index is 12.0. The summed E-state index contributed by atoms with van der Waals surface area (Å²) >= 11 is 1.49. The van der Waals surface area contributed by atoms with Gasteiger partial charge in [-0.3, -0.25) is 4.79 Å². The van der Waals surface area contributed by atoms with Crippen LogP contribution in [-0.2, 0) is 4.79 Å². The van der Waals surface area contributed by atoms with E-state index in [9.17, 15) is 4.79 Å². The third kappa shape index (κ3) is 2.87. The number of fused-ring (bicyclic) bond motifs is 1. The molecule has 0 radical (unpaired) electrons. The standard InChI is InChI=1S/C14H15N3OS/c1-9(13(18)17-10-6-7-10)19-14-11-4-2-3-5-12(11)15-8-16-14/h2-5,8-10H,6-7H2,1H3,(H,17,18). The Morgan fingerprint density at radius 2 is 2.16 bits per heavy atom. The molecule has 1 aliphatic carbocycles. The Morgan fingerprint density at radius 1 is 1.37 bits per heavy atom. The number of nitrogens with one attached hydrogen (secondary N) is 1. The van der Waals surface area contributed by atoms with Gasteiger partial charge in [0.15, 0.2) is 0 Å². The summed E-state index contributed by atoms with van der Waals surface area (Å²) < 4.78 is 0. The van der Waals surface area contributed by atoms with Gasteiger partial charge in [0.05, 0.1) is 10.8 Å². The Hall–Kier alpha value is -1.62. The molecule has 1 unspecified atom stereocenters. The highest BCUT2D eigenvalue weighted by molar-refractivity contribution is 8.00. The third-order valence-corrected chi connectivity index (χ3v) is 4.20. The molecular formula is C14H15N3OS. The Kier molecular flexibility index (Phi) is 3.38. The number of para-hydroxylation sites is 1. The van der Waals surface area contributed by atoms with E-state index in [1.165, 1.54) is 11.8 Å². The van der Waals surface area contributed by atoms with Gasteiger partial charge in [0.2, 0.25) is 5.91 Å². The Morgan fingerprint density at radius 3 is 2.95 bits per heavy atom. The maximum Gasteiger partial charge on any atom is 0.233 e. The van der Waals surface area contributed by atoms with E-state index in [0.717, 1.165) is 28.8 Å². The number of rotatable bonds is 4. The molecule has 1 N–H and O–H groups in total. The van der Waals surface area contributed by atoms with Crippen LogP contribution >= 0.6 is 11.8 Å². The van der Waals surface area contributed by atoms with Crippen molar-refractivity contribution in [1.82, 2.24) is 15.3 Å². The molecule has 1 atom stereocenters. The quantitative estimate of drug-likeness (QED) is 0.686. The summed E-state index contributed by atoms with van der Waals surface area (Å²) in [5, 5.41) is 4.74. The second-order valence-corrected chi connectivity index (χ2v) is 6.07. The molecule has 1 heterocycles. The van der Waals surface area contributed by atoms with Gasteiger partial charge in [-0.1, -0.05) is 30.0 Å². The van der Waals surface area contributed by atoms with Crippen molar-refractivity contribution in [2.75, 3.05) is 0 Å². The normalized spacial score (nSPS) is 16.3. The first kappa shape index (κ1) is 12.4. The SMILES string of the molecule is CC(Sc1ncnc2ccccc12)C(=O)NC1CC1. The summed E-state index contributed by atoms with van der Waals surface area (Å²) in [6, 6.07) is 8.26. The van der Waals surface area contributed by atoms with Crippen LogP contribution < -0.4 is 5.32 Å². The second kappa shape index (κ2) is 5.17. The minimum absolute atomic E-state index is 0.0928. The van der Waals surface area contributed by atoms with E-state index in [1.54, 1.807) is 6.33 Å². The summed E-state index contributed by atoms with van der Waals surface area (Å²) in [6.45, 7) is 1.92. The van der Waals surface area contributed by atoms with E-state index < -0.39 is 0 Å². The lowest BCUT2D eigenvalue weighted by Gasteiger charge is -2.11. The van der Waals surface area contributed by atoms with Gasteiger partial charge in [0.1, 0.15) is 11.4 Å². The van der Waals surface area contributed by atoms with Crippen molar-refractivity contribution >= 4 is 28.6 Å². The molecule has 1 amide bonds. The van der Waals surface area contributed by atoms with Crippen molar-refractivity contribution in [2.24, 2.45) is 0 Å². The van der Waals surface area contributed by atoms with Crippen LogP contribution in [0.25, 0.3) is 10.9 Å². The van der Waals surface area contributed by atoms with Gasteiger partial charge >= 0.3 is 0 Å². The van der Waals surface area contributed by atoms with E-state index in [0.29, 0.717) is 6.04 Å². The van der Waals surface area contributed by atoms with Crippen LogP contribution in [0.15, 0.2) is 35.6 Å². The van der Waals surface area contributed by atoms with Crippen LogP contribution in [0.2, 0.25) is 0 Å². The largest absolute Gasteiger partial charge is 0.352 e. The number of hydrogen-bond donors (Lipinski definition) is 1. The highest BCUT2D eigenvalue weighted by Crippen LogP contribution is 2.28. The van der Waals surface area contributed by atoms with Crippen LogP contribution in [0.3, 0.4) is 0 Å². The number of hydrogen-bond acceptors (Lipinski definition) is 4. The molecule has 0 spiro atoms. The van der Waals surface area contributed by atoms with Crippen molar-refractivity contribution in [1.29, 1.82) is 0 Å². The average Bonchev–Trinajstić information content (AvgIpc) is 3.23. The Balaban J connectivity index is 1.78. The predicted molar refractivity (Wildman–Crippen MR) is 76.0 cm³/mol. The van der Waals surface area contributed by atoms with Gasteiger partial charge in [-0.2, -0.15) is 0 Å². The van der Waals surface area contributed by atoms with Crippen molar-refractivity contribution in [2.45, 2.75) is 36.1 Å². The van der Waals surface area contributed by atoms with Gasteiger partial charge in [-0.05, 0) is 25.8 Å². The molecular weight excluding hydrogens is 258 g/mol. The Labute approximate surface area is 116 Å². The highest BCUT2D eigenvalue weighted by Gasteiger charge is 2.26. The lowest BCUT2D eigenvalue weighted by molar-refractivity contribution is -0.120. The van der Waals surface area contributed by atoms with Crippen LogP contribution in [-0.4, -0.2) is 27.2 Å². The van der Waals surface area contributed by atoms with Crippen molar-refractivity contribution < 1.29 is 4.79 Å². The molecule has 19 heavy (non-hydrogen) atoms.